The van der Waals surface area contributed by atoms with E-state index in [0.717, 1.165) is 25.1 Å². The number of likely N-dealkylation sites (tertiary alicyclic amines) is 1. The molecule has 2 bridgehead atoms. The number of nitrogens with one attached hydrogen (secondary N) is 1. The lowest BCUT2D eigenvalue weighted by atomic mass is 10.1. The van der Waals surface area contributed by atoms with Crippen molar-refractivity contribution in [2.75, 3.05) is 25.1 Å². The molecule has 2 aliphatic rings. The van der Waals surface area contributed by atoms with Crippen molar-refractivity contribution in [3.8, 4) is 11.5 Å². The Bertz CT molecular complexity index is 750. The van der Waals surface area contributed by atoms with Crippen LogP contribution in [0.4, 0.5) is 10.5 Å². The van der Waals surface area contributed by atoms with E-state index in [2.05, 4.69) is 5.32 Å². The first-order valence-electron chi connectivity index (χ1n) is 9.27. The fraction of sp³-hybridized carbons (Fsp3) is 0.381. The summed E-state index contributed by atoms with van der Waals surface area (Å²) in [6.07, 6.45) is 3.55. The number of hydrogen-bond donors (Lipinski definition) is 1. The zero-order chi connectivity index (χ0) is 17.8. The number of rotatable bonds is 6. The molecule has 5 heteroatoms. The summed E-state index contributed by atoms with van der Waals surface area (Å²) in [7, 11) is 0. The molecule has 26 heavy (non-hydrogen) atoms. The van der Waals surface area contributed by atoms with E-state index in [1.807, 2.05) is 59.5 Å². The Labute approximate surface area is 153 Å². The second-order valence-electron chi connectivity index (χ2n) is 6.92. The lowest BCUT2D eigenvalue weighted by Gasteiger charge is -2.27. The minimum absolute atomic E-state index is 0.0196. The summed E-state index contributed by atoms with van der Waals surface area (Å²) in [5, 5.41) is 3.02. The predicted molar refractivity (Wildman–Crippen MR) is 101 cm³/mol. The zero-order valence-electron chi connectivity index (χ0n) is 14.8. The van der Waals surface area contributed by atoms with Crippen molar-refractivity contribution in [3.05, 3.63) is 54.6 Å². The molecule has 2 atom stereocenters. The first-order valence-corrected chi connectivity index (χ1v) is 9.27. The number of urea groups is 1. The molecule has 0 aromatic heterocycles. The Hall–Kier alpha value is -2.69. The third-order valence-corrected chi connectivity index (χ3v) is 5.15. The molecular weight excluding hydrogens is 328 g/mol. The summed E-state index contributed by atoms with van der Waals surface area (Å²) in [6, 6.07) is 17.6. The number of amides is 2. The van der Waals surface area contributed by atoms with Gasteiger partial charge in [0.25, 0.3) is 0 Å². The van der Waals surface area contributed by atoms with E-state index < -0.39 is 0 Å². The Morgan fingerprint density at radius 2 is 1.77 bits per heavy atom. The number of nitrogens with zero attached hydrogens (tertiary/aromatic N) is 1. The van der Waals surface area contributed by atoms with Gasteiger partial charge in [-0.2, -0.15) is 0 Å². The van der Waals surface area contributed by atoms with Gasteiger partial charge in [0.2, 0.25) is 0 Å². The van der Waals surface area contributed by atoms with Crippen LogP contribution in [0.3, 0.4) is 0 Å². The lowest BCUT2D eigenvalue weighted by Crippen LogP contribution is -2.40. The summed E-state index contributed by atoms with van der Waals surface area (Å²) >= 11 is 0. The van der Waals surface area contributed by atoms with E-state index in [4.69, 9.17) is 9.47 Å². The molecule has 4 rings (SSSR count). The number of carbonyl (C=O) groups is 1. The highest BCUT2D eigenvalue weighted by molar-refractivity contribution is 5.91. The molecule has 1 heterocycles. The van der Waals surface area contributed by atoms with E-state index >= 15 is 0 Å². The van der Waals surface area contributed by atoms with Crippen LogP contribution in [-0.2, 0) is 0 Å². The average Bonchev–Trinajstić information content (AvgIpc) is 3.31. The van der Waals surface area contributed by atoms with Crippen molar-refractivity contribution in [1.82, 2.24) is 4.90 Å². The molecule has 0 spiro atoms. The van der Waals surface area contributed by atoms with Crippen molar-refractivity contribution in [2.24, 2.45) is 5.92 Å². The third kappa shape index (κ3) is 3.77. The van der Waals surface area contributed by atoms with Gasteiger partial charge in [-0.15, -0.1) is 0 Å². The van der Waals surface area contributed by atoms with E-state index in [9.17, 15) is 4.79 Å². The highest BCUT2D eigenvalue weighted by atomic mass is 16.5. The molecule has 5 nitrogen and oxygen atoms in total. The van der Waals surface area contributed by atoms with Crippen LogP contribution in [0.2, 0.25) is 0 Å². The Morgan fingerprint density at radius 1 is 1.00 bits per heavy atom. The van der Waals surface area contributed by atoms with Gasteiger partial charge in [-0.1, -0.05) is 30.3 Å². The maximum absolute atomic E-state index is 12.6. The van der Waals surface area contributed by atoms with Crippen molar-refractivity contribution in [3.63, 3.8) is 0 Å². The molecule has 2 fully saturated rings. The van der Waals surface area contributed by atoms with Gasteiger partial charge in [0.1, 0.15) is 24.7 Å². The van der Waals surface area contributed by atoms with Gasteiger partial charge in [-0.05, 0) is 49.4 Å². The molecule has 0 unspecified atom stereocenters. The second kappa shape index (κ2) is 7.68. The highest BCUT2D eigenvalue weighted by Gasteiger charge is 2.40. The topological polar surface area (TPSA) is 50.8 Å². The number of carbonyl (C=O) groups excluding carboxylic acids is 1. The molecule has 2 aromatic rings. The maximum Gasteiger partial charge on any atom is 0.322 e. The molecule has 1 aliphatic carbocycles. The Morgan fingerprint density at radius 3 is 2.54 bits per heavy atom. The molecule has 1 N–H and O–H groups in total. The van der Waals surface area contributed by atoms with Gasteiger partial charge in [-0.3, -0.25) is 0 Å². The lowest BCUT2D eigenvalue weighted by molar-refractivity contribution is 0.194. The maximum atomic E-state index is 12.6. The normalized spacial score (nSPS) is 20.8. The van der Waals surface area contributed by atoms with Crippen molar-refractivity contribution >= 4 is 11.7 Å². The average molecular weight is 352 g/mol. The highest BCUT2D eigenvalue weighted by Crippen LogP contribution is 2.37. The number of piperidine rings is 1. The molecule has 1 saturated carbocycles. The van der Waals surface area contributed by atoms with E-state index in [1.54, 1.807) is 0 Å². The molecule has 0 radical (unpaired) electrons. The third-order valence-electron chi connectivity index (χ3n) is 5.15. The molecule has 136 valence electrons. The van der Waals surface area contributed by atoms with Gasteiger partial charge in [0.05, 0.1) is 5.69 Å². The molecule has 2 aromatic carbocycles. The van der Waals surface area contributed by atoms with Crippen molar-refractivity contribution < 1.29 is 14.3 Å². The van der Waals surface area contributed by atoms with E-state index in [0.29, 0.717) is 36.6 Å². The fourth-order valence-electron chi connectivity index (χ4n) is 3.88. The van der Waals surface area contributed by atoms with Crippen LogP contribution < -0.4 is 14.8 Å². The number of para-hydroxylation sites is 3. The summed E-state index contributed by atoms with van der Waals surface area (Å²) in [4.78, 5) is 14.6. The van der Waals surface area contributed by atoms with Crippen LogP contribution in [0.15, 0.2) is 54.6 Å². The molecular formula is C21H24N2O3. The fourth-order valence-corrected chi connectivity index (χ4v) is 3.88. The number of hydrogen-bond acceptors (Lipinski definition) is 3. The summed E-state index contributed by atoms with van der Waals surface area (Å²) in [6.45, 7) is 1.74. The second-order valence-corrected chi connectivity index (χ2v) is 6.92. The van der Waals surface area contributed by atoms with Crippen LogP contribution in [0.5, 0.6) is 11.5 Å². The zero-order valence-corrected chi connectivity index (χ0v) is 14.8. The SMILES string of the molecule is O=C(Nc1ccccc1OCCOc1ccccc1)N1C[C@H]2CC[C@H]1C2. The first-order chi connectivity index (χ1) is 12.8. The van der Waals surface area contributed by atoms with E-state index in [1.165, 1.54) is 6.42 Å². The van der Waals surface area contributed by atoms with Gasteiger partial charge < -0.3 is 19.7 Å². The van der Waals surface area contributed by atoms with Crippen LogP contribution in [0.1, 0.15) is 19.3 Å². The van der Waals surface area contributed by atoms with Gasteiger partial charge >= 0.3 is 6.03 Å². The van der Waals surface area contributed by atoms with Gasteiger partial charge in [0.15, 0.2) is 0 Å². The largest absolute Gasteiger partial charge is 0.490 e. The standard InChI is InChI=1S/C21H24N2O3/c24-21(23-15-16-10-11-17(23)14-16)22-19-8-4-5-9-20(19)26-13-12-25-18-6-2-1-3-7-18/h1-9,16-17H,10-15H2,(H,22,24)/t16-,17-/m0/s1. The molecule has 1 aliphatic heterocycles. The van der Waals surface area contributed by atoms with Crippen LogP contribution >= 0.6 is 0 Å². The molecule has 2 amide bonds. The number of benzene rings is 2. The summed E-state index contributed by atoms with van der Waals surface area (Å²) in [5.74, 6) is 2.18. The Balaban J connectivity index is 1.31. The van der Waals surface area contributed by atoms with Crippen LogP contribution in [0.25, 0.3) is 0 Å². The Kier molecular flexibility index (Phi) is 4.95. The van der Waals surface area contributed by atoms with E-state index in [-0.39, 0.29) is 6.03 Å². The van der Waals surface area contributed by atoms with Crippen molar-refractivity contribution in [2.45, 2.75) is 25.3 Å². The number of fused-ring (bicyclic) bond motifs is 2. The minimum atomic E-state index is -0.0196. The van der Waals surface area contributed by atoms with Crippen LogP contribution in [-0.4, -0.2) is 36.7 Å². The van der Waals surface area contributed by atoms with Crippen molar-refractivity contribution in [1.29, 1.82) is 0 Å². The first kappa shape index (κ1) is 16.8. The van der Waals surface area contributed by atoms with Crippen LogP contribution in [0, 0.1) is 5.92 Å². The van der Waals surface area contributed by atoms with Gasteiger partial charge in [0, 0.05) is 12.6 Å². The summed E-state index contributed by atoms with van der Waals surface area (Å²) < 4.78 is 11.5. The minimum Gasteiger partial charge on any atom is -0.490 e. The monoisotopic (exact) mass is 352 g/mol. The quantitative estimate of drug-likeness (QED) is 0.794. The molecule has 1 saturated heterocycles. The number of ether oxygens (including phenoxy) is 2. The van der Waals surface area contributed by atoms with Gasteiger partial charge in [-0.25, -0.2) is 4.79 Å². The smallest absolute Gasteiger partial charge is 0.322 e. The number of anilines is 1. The predicted octanol–water partition coefficient (Wildman–Crippen LogP) is 4.16. The summed E-state index contributed by atoms with van der Waals surface area (Å²) in [5.41, 5.74) is 0.708.